The molecule has 0 fully saturated rings. The molecule has 0 saturated carbocycles. The Hall–Kier alpha value is -0.350. The molecule has 0 aliphatic rings. The van der Waals surface area contributed by atoms with Crippen LogP contribution in [0.4, 0.5) is 0 Å². The second kappa shape index (κ2) is 5.32. The molecule has 2 N–H and O–H groups in total. The van der Waals surface area contributed by atoms with Crippen molar-refractivity contribution in [1.29, 1.82) is 0 Å². The summed E-state index contributed by atoms with van der Waals surface area (Å²) < 4.78 is 3.86. The van der Waals surface area contributed by atoms with Gasteiger partial charge < -0.3 is 0 Å². The van der Waals surface area contributed by atoms with E-state index in [0.717, 1.165) is 6.54 Å². The van der Waals surface area contributed by atoms with Gasteiger partial charge in [-0.2, -0.15) is 0 Å². The summed E-state index contributed by atoms with van der Waals surface area (Å²) in [6.45, 7) is 7.02. The van der Waals surface area contributed by atoms with Crippen molar-refractivity contribution in [3.05, 3.63) is 46.1 Å². The Morgan fingerprint density at radius 2 is 2.08 bits per heavy atom. The zero-order chi connectivity index (χ0) is 8.81. The molecule has 0 amide bonds. The number of hydrogen-bond acceptors (Lipinski definition) is 0. The van der Waals surface area contributed by atoms with Gasteiger partial charge >= 0.3 is 84.5 Å². The van der Waals surface area contributed by atoms with Gasteiger partial charge in [-0.15, -0.1) is 0 Å². The first kappa shape index (κ1) is 9.74. The van der Waals surface area contributed by atoms with Gasteiger partial charge in [0.25, 0.3) is 0 Å². The van der Waals surface area contributed by atoms with Gasteiger partial charge in [0, 0.05) is 0 Å². The maximum absolute atomic E-state index is 3.87. The summed E-state index contributed by atoms with van der Waals surface area (Å²) in [5.74, 6) is 0. The third kappa shape index (κ3) is 3.88. The average Bonchev–Trinajstić information content (AvgIpc) is 2.05. The Morgan fingerprint density at radius 3 is 2.67 bits per heavy atom. The first-order chi connectivity index (χ1) is 5.79. The topological polar surface area (TPSA) is 16.6 Å². The number of quaternary nitrogens is 1. The maximum atomic E-state index is 3.87. The second-order valence-electron chi connectivity index (χ2n) is 2.72. The molecule has 1 aromatic carbocycles. The van der Waals surface area contributed by atoms with Crippen molar-refractivity contribution in [3.63, 3.8) is 0 Å². The minimum absolute atomic E-state index is 0.107. The molecule has 0 heterocycles. The number of nitrogens with two attached hydrogens (primary N) is 1. The van der Waals surface area contributed by atoms with Crippen LogP contribution in [-0.2, 0) is 0 Å². The molecule has 0 unspecified atom stereocenters. The van der Waals surface area contributed by atoms with E-state index in [9.17, 15) is 0 Å². The van der Waals surface area contributed by atoms with Crippen molar-refractivity contribution in [3.8, 4) is 0 Å². The fourth-order valence-electron chi connectivity index (χ4n) is 0.747. The molecule has 66 valence electrons. The molecule has 1 rings (SSSR count). The molecule has 0 atom stereocenters. The monoisotopic (exact) mass is 275 g/mol. The van der Waals surface area contributed by atoms with E-state index in [1.54, 1.807) is 0 Å². The Bertz CT molecular complexity index is 243. The van der Waals surface area contributed by atoms with Gasteiger partial charge in [-0.25, -0.2) is 0 Å². The third-order valence-electron chi connectivity index (χ3n) is 1.36. The van der Waals surface area contributed by atoms with Crippen molar-refractivity contribution < 1.29 is 25.0 Å². The van der Waals surface area contributed by atoms with Gasteiger partial charge in [0.05, 0.1) is 0 Å². The van der Waals surface area contributed by atoms with Gasteiger partial charge in [-0.05, 0) is 0 Å². The van der Waals surface area contributed by atoms with E-state index < -0.39 is 0 Å². The summed E-state index contributed by atoms with van der Waals surface area (Å²) in [6, 6.07) is 10.7. The zero-order valence-corrected chi connectivity index (χ0v) is 9.41. The van der Waals surface area contributed by atoms with Crippen molar-refractivity contribution in [2.45, 2.75) is 6.92 Å². The van der Waals surface area contributed by atoms with E-state index in [1.807, 2.05) is 0 Å². The van der Waals surface area contributed by atoms with Gasteiger partial charge in [0.2, 0.25) is 0 Å². The number of benzene rings is 1. The van der Waals surface area contributed by atoms with Crippen molar-refractivity contribution in [2.24, 2.45) is 0 Å². The summed E-state index contributed by atoms with van der Waals surface area (Å²) in [7, 11) is 0. The Morgan fingerprint density at radius 1 is 1.42 bits per heavy atom. The Labute approximate surface area is 84.5 Å². The number of halogens is 1. The molecule has 0 saturated heterocycles. The molecular formula is C10H14IN. The molecule has 12 heavy (non-hydrogen) atoms. The molecule has 0 aromatic heterocycles. The standard InChI is InChI=1S/C10H14IN/c1-9(2)8-12-11-10-6-4-3-5-7-10/h3-7H,1,8,12H2,2H3. The van der Waals surface area contributed by atoms with Crippen LogP contribution in [0.2, 0.25) is 0 Å². The van der Waals surface area contributed by atoms with Crippen LogP contribution in [0.3, 0.4) is 0 Å². The zero-order valence-electron chi connectivity index (χ0n) is 7.26. The van der Waals surface area contributed by atoms with Crippen LogP contribution in [0.15, 0.2) is 42.5 Å². The summed E-state index contributed by atoms with van der Waals surface area (Å²) in [6.07, 6.45) is 0. The molecule has 0 aliphatic heterocycles. The van der Waals surface area contributed by atoms with E-state index in [0.29, 0.717) is 0 Å². The summed E-state index contributed by atoms with van der Waals surface area (Å²) in [5.41, 5.74) is 1.26. The van der Waals surface area contributed by atoms with Crippen molar-refractivity contribution >= 4 is 0 Å². The first-order valence-corrected chi connectivity index (χ1v) is 6.26. The molecular weight excluding hydrogens is 261 g/mol. The summed E-state index contributed by atoms with van der Waals surface area (Å²) in [4.78, 5) is 0. The predicted octanol–water partition coefficient (Wildman–Crippen LogP) is -2.00. The van der Waals surface area contributed by atoms with E-state index in [1.165, 1.54) is 9.14 Å². The molecule has 0 aliphatic carbocycles. The molecule has 0 spiro atoms. The van der Waals surface area contributed by atoms with Gasteiger partial charge in [-0.1, -0.05) is 0 Å². The van der Waals surface area contributed by atoms with Crippen LogP contribution in [-0.4, -0.2) is 6.54 Å². The van der Waals surface area contributed by atoms with E-state index in [2.05, 4.69) is 47.4 Å². The van der Waals surface area contributed by atoms with Crippen LogP contribution < -0.4 is 25.0 Å². The van der Waals surface area contributed by atoms with Crippen LogP contribution in [0, 0.1) is 3.57 Å². The van der Waals surface area contributed by atoms with E-state index >= 15 is 0 Å². The Balaban J connectivity index is 2.29. The molecule has 0 bridgehead atoms. The normalized spacial score (nSPS) is 10.1. The first-order valence-electron chi connectivity index (χ1n) is 3.93. The van der Waals surface area contributed by atoms with Crippen LogP contribution in [0.5, 0.6) is 0 Å². The molecule has 1 nitrogen and oxygen atoms in total. The Kier molecular flexibility index (Phi) is 4.32. The quantitative estimate of drug-likeness (QED) is 0.372. The third-order valence-corrected chi connectivity index (χ3v) is 3.68. The van der Waals surface area contributed by atoms with Gasteiger partial charge in [0.1, 0.15) is 0 Å². The van der Waals surface area contributed by atoms with Crippen LogP contribution in [0.1, 0.15) is 6.92 Å². The second-order valence-corrected chi connectivity index (χ2v) is 5.47. The molecule has 1 aromatic rings. The van der Waals surface area contributed by atoms with E-state index in [4.69, 9.17) is 0 Å². The predicted molar refractivity (Wildman–Crippen MR) is 46.7 cm³/mol. The van der Waals surface area contributed by atoms with Crippen molar-refractivity contribution in [2.75, 3.05) is 6.54 Å². The molecule has 0 radical (unpaired) electrons. The fraction of sp³-hybridized carbons (Fsp3) is 0.200. The van der Waals surface area contributed by atoms with Gasteiger partial charge in [-0.3, -0.25) is 0 Å². The molecule has 2 heteroatoms. The average molecular weight is 275 g/mol. The fourth-order valence-corrected chi connectivity index (χ4v) is 3.06. The van der Waals surface area contributed by atoms with E-state index in [-0.39, 0.29) is 21.5 Å². The van der Waals surface area contributed by atoms with Crippen LogP contribution >= 0.6 is 0 Å². The van der Waals surface area contributed by atoms with Gasteiger partial charge in [0.15, 0.2) is 0 Å². The minimum atomic E-state index is 0.107. The number of rotatable bonds is 4. The summed E-state index contributed by atoms with van der Waals surface area (Å²) in [5, 5.41) is 0. The van der Waals surface area contributed by atoms with Crippen LogP contribution in [0.25, 0.3) is 0 Å². The summed E-state index contributed by atoms with van der Waals surface area (Å²) >= 11 is 0.107. The number of hydrogen-bond donors (Lipinski definition) is 1. The SMILES string of the molecule is C=C(C)C[NH2+][I-]c1ccccc1. The van der Waals surface area contributed by atoms with Crippen molar-refractivity contribution in [1.82, 2.24) is 0 Å².